The first-order valence-corrected chi connectivity index (χ1v) is 5.33. The molecule has 0 fully saturated rings. The Labute approximate surface area is 89.0 Å². The minimum absolute atomic E-state index is 0.918. The van der Waals surface area contributed by atoms with Crippen LogP contribution in [0.25, 0.3) is 0 Å². The van der Waals surface area contributed by atoms with Gasteiger partial charge in [0.2, 0.25) is 0 Å². The van der Waals surface area contributed by atoms with Crippen molar-refractivity contribution in [3.05, 3.63) is 30.1 Å². The van der Waals surface area contributed by atoms with Crippen molar-refractivity contribution in [3.63, 3.8) is 0 Å². The lowest BCUT2D eigenvalue weighted by atomic mass is 10.3. The molecule has 0 atom stereocenters. The van der Waals surface area contributed by atoms with Gasteiger partial charge in [0.05, 0.1) is 5.69 Å². The second-order valence-electron chi connectivity index (χ2n) is 2.56. The molecule has 0 aromatic carbocycles. The molecule has 0 spiro atoms. The quantitative estimate of drug-likeness (QED) is 0.722. The van der Waals surface area contributed by atoms with Crippen molar-refractivity contribution < 1.29 is 0 Å². The predicted molar refractivity (Wildman–Crippen MR) is 64.3 cm³/mol. The van der Waals surface area contributed by atoms with Gasteiger partial charge in [-0.25, -0.2) is 0 Å². The molecule has 0 amide bonds. The number of hydrogen-bond acceptors (Lipinski definition) is 2. The Balaban J connectivity index is 0. The van der Waals surface area contributed by atoms with Crippen LogP contribution in [0.2, 0.25) is 0 Å². The molecule has 0 N–H and O–H groups in total. The summed E-state index contributed by atoms with van der Waals surface area (Å²) in [5.41, 5.74) is 1.12. The van der Waals surface area contributed by atoms with E-state index in [0.29, 0.717) is 0 Å². The van der Waals surface area contributed by atoms with E-state index in [2.05, 4.69) is 9.88 Å². The number of rotatable bonds is 2. The number of aromatic nitrogens is 1. The largest absolute Gasteiger partial charge is 0.304 e. The van der Waals surface area contributed by atoms with Crippen molar-refractivity contribution in [2.75, 3.05) is 14.1 Å². The molecule has 0 saturated carbocycles. The summed E-state index contributed by atoms with van der Waals surface area (Å²) < 4.78 is 0. The monoisotopic (exact) mass is 196 g/mol. The first kappa shape index (κ1) is 15.6. The van der Waals surface area contributed by atoms with Crippen molar-refractivity contribution >= 4 is 0 Å². The molecule has 0 unspecified atom stereocenters. The summed E-state index contributed by atoms with van der Waals surface area (Å²) in [6, 6.07) is 5.96. The Hall–Kier alpha value is -0.890. The van der Waals surface area contributed by atoms with Crippen LogP contribution in [0.4, 0.5) is 0 Å². The zero-order valence-corrected chi connectivity index (χ0v) is 10.4. The fourth-order valence-corrected chi connectivity index (χ4v) is 0.816. The van der Waals surface area contributed by atoms with Gasteiger partial charge in [-0.05, 0) is 26.2 Å². The van der Waals surface area contributed by atoms with Crippen LogP contribution in [-0.4, -0.2) is 24.0 Å². The van der Waals surface area contributed by atoms with E-state index in [1.807, 2.05) is 66.2 Å². The summed E-state index contributed by atoms with van der Waals surface area (Å²) in [6.07, 6.45) is 1.82. The number of pyridine rings is 1. The van der Waals surface area contributed by atoms with Crippen LogP contribution in [0.5, 0.6) is 0 Å². The summed E-state index contributed by atoms with van der Waals surface area (Å²) in [5.74, 6) is 0. The van der Waals surface area contributed by atoms with Gasteiger partial charge in [-0.1, -0.05) is 33.8 Å². The maximum absolute atomic E-state index is 4.18. The van der Waals surface area contributed by atoms with Crippen molar-refractivity contribution in [3.8, 4) is 0 Å². The topological polar surface area (TPSA) is 16.1 Å². The highest BCUT2D eigenvalue weighted by atomic mass is 15.1. The van der Waals surface area contributed by atoms with Crippen LogP contribution in [0, 0.1) is 0 Å². The van der Waals surface area contributed by atoms with E-state index in [1.165, 1.54) is 0 Å². The molecule has 0 aliphatic heterocycles. The minimum Gasteiger partial charge on any atom is -0.304 e. The summed E-state index contributed by atoms with van der Waals surface area (Å²) in [7, 11) is 4.07. The van der Waals surface area contributed by atoms with E-state index in [-0.39, 0.29) is 0 Å². The van der Waals surface area contributed by atoms with Gasteiger partial charge in [-0.2, -0.15) is 0 Å². The molecule has 82 valence electrons. The summed E-state index contributed by atoms with van der Waals surface area (Å²) in [4.78, 5) is 6.28. The fourth-order valence-electron chi connectivity index (χ4n) is 0.816. The normalized spacial score (nSPS) is 8.21. The lowest BCUT2D eigenvalue weighted by molar-refractivity contribution is 0.397. The molecule has 1 aromatic rings. The van der Waals surface area contributed by atoms with E-state index >= 15 is 0 Å². The average Bonchev–Trinajstić information content (AvgIpc) is 2.24. The van der Waals surface area contributed by atoms with Gasteiger partial charge in [0.15, 0.2) is 0 Å². The highest BCUT2D eigenvalue weighted by Gasteiger charge is 1.92. The molecule has 1 aromatic heterocycles. The molecule has 1 rings (SSSR count). The molecule has 0 aliphatic carbocycles. The summed E-state index contributed by atoms with van der Waals surface area (Å²) in [6.45, 7) is 8.92. The average molecular weight is 196 g/mol. The van der Waals surface area contributed by atoms with Crippen LogP contribution in [0.1, 0.15) is 33.4 Å². The zero-order valence-electron chi connectivity index (χ0n) is 10.4. The molecule has 0 bridgehead atoms. The summed E-state index contributed by atoms with van der Waals surface area (Å²) in [5, 5.41) is 0. The van der Waals surface area contributed by atoms with E-state index < -0.39 is 0 Å². The van der Waals surface area contributed by atoms with Gasteiger partial charge in [0.25, 0.3) is 0 Å². The molecule has 0 saturated heterocycles. The van der Waals surface area contributed by atoms with Gasteiger partial charge in [0, 0.05) is 12.7 Å². The van der Waals surface area contributed by atoms with Gasteiger partial charge in [0.1, 0.15) is 0 Å². The second kappa shape index (κ2) is 12.1. The smallest absolute Gasteiger partial charge is 0.0543 e. The molecular weight excluding hydrogens is 172 g/mol. The Kier molecular flexibility index (Phi) is 13.5. The van der Waals surface area contributed by atoms with Gasteiger partial charge in [-0.3, -0.25) is 4.98 Å². The molecule has 0 aliphatic rings. The van der Waals surface area contributed by atoms with Crippen LogP contribution in [0.3, 0.4) is 0 Å². The lowest BCUT2D eigenvalue weighted by Gasteiger charge is -2.07. The third-order valence-corrected chi connectivity index (χ3v) is 1.20. The molecule has 2 heteroatoms. The Morgan fingerprint density at radius 1 is 1.07 bits per heavy atom. The Morgan fingerprint density at radius 3 is 2.00 bits per heavy atom. The van der Waals surface area contributed by atoms with Crippen molar-refractivity contribution in [1.29, 1.82) is 0 Å². The van der Waals surface area contributed by atoms with E-state index in [9.17, 15) is 0 Å². The molecule has 0 radical (unpaired) electrons. The highest BCUT2D eigenvalue weighted by Crippen LogP contribution is 1.94. The Bertz CT molecular complexity index is 183. The van der Waals surface area contributed by atoms with E-state index in [0.717, 1.165) is 12.2 Å². The standard InChI is InChI=1S/C8H12N2.2C2H6/c1-10(2)7-8-5-3-4-6-9-8;2*1-2/h3-6H,7H2,1-2H3;2*1-2H3. The lowest BCUT2D eigenvalue weighted by Crippen LogP contribution is -2.11. The highest BCUT2D eigenvalue weighted by molar-refractivity contribution is 5.02. The van der Waals surface area contributed by atoms with Crippen molar-refractivity contribution in [1.82, 2.24) is 9.88 Å². The van der Waals surface area contributed by atoms with E-state index in [4.69, 9.17) is 0 Å². The number of nitrogens with zero attached hydrogens (tertiary/aromatic N) is 2. The van der Waals surface area contributed by atoms with Gasteiger partial charge >= 0.3 is 0 Å². The predicted octanol–water partition coefficient (Wildman–Crippen LogP) is 3.20. The van der Waals surface area contributed by atoms with Crippen molar-refractivity contribution in [2.24, 2.45) is 0 Å². The third kappa shape index (κ3) is 9.20. The minimum atomic E-state index is 0.918. The zero-order chi connectivity index (χ0) is 11.4. The van der Waals surface area contributed by atoms with Crippen LogP contribution in [0.15, 0.2) is 24.4 Å². The van der Waals surface area contributed by atoms with Gasteiger partial charge in [-0.15, -0.1) is 0 Å². The first-order valence-electron chi connectivity index (χ1n) is 5.33. The third-order valence-electron chi connectivity index (χ3n) is 1.20. The van der Waals surface area contributed by atoms with Crippen LogP contribution >= 0.6 is 0 Å². The first-order chi connectivity index (χ1) is 6.79. The molecule has 14 heavy (non-hydrogen) atoms. The molecular formula is C12H24N2. The Morgan fingerprint density at radius 2 is 1.64 bits per heavy atom. The van der Waals surface area contributed by atoms with Crippen LogP contribution < -0.4 is 0 Å². The molecule has 1 heterocycles. The number of hydrogen-bond donors (Lipinski definition) is 0. The van der Waals surface area contributed by atoms with Crippen molar-refractivity contribution in [2.45, 2.75) is 34.2 Å². The maximum Gasteiger partial charge on any atom is 0.0543 e. The fraction of sp³-hybridized carbons (Fsp3) is 0.583. The van der Waals surface area contributed by atoms with Crippen LogP contribution in [-0.2, 0) is 6.54 Å². The van der Waals surface area contributed by atoms with Gasteiger partial charge < -0.3 is 4.90 Å². The second-order valence-corrected chi connectivity index (χ2v) is 2.56. The summed E-state index contributed by atoms with van der Waals surface area (Å²) >= 11 is 0. The molecule has 2 nitrogen and oxygen atoms in total. The maximum atomic E-state index is 4.18. The van der Waals surface area contributed by atoms with E-state index in [1.54, 1.807) is 0 Å². The SMILES string of the molecule is CC.CC.CN(C)Cc1ccccn1.